The average molecular weight is 238 g/mol. The van der Waals surface area contributed by atoms with E-state index in [1.165, 1.54) is 0 Å². The first-order chi connectivity index (χ1) is 8.09. The molecule has 1 amide bonds. The van der Waals surface area contributed by atoms with Crippen molar-refractivity contribution in [2.45, 2.75) is 18.8 Å². The van der Waals surface area contributed by atoms with E-state index in [0.29, 0.717) is 12.4 Å². The van der Waals surface area contributed by atoms with E-state index in [0.717, 1.165) is 19.4 Å². The second-order valence-electron chi connectivity index (χ2n) is 4.06. The Morgan fingerprint density at radius 3 is 2.88 bits per heavy atom. The SMILES string of the molecule is NC(=O)c1nc(C2CCCNC2)[nH]c(=O)c1O. The van der Waals surface area contributed by atoms with E-state index in [9.17, 15) is 14.7 Å². The van der Waals surface area contributed by atoms with Crippen LogP contribution in [0.15, 0.2) is 4.79 Å². The Bertz CT molecular complexity index is 491. The molecule has 1 aliphatic heterocycles. The van der Waals surface area contributed by atoms with Crippen molar-refractivity contribution in [2.75, 3.05) is 13.1 Å². The number of nitrogens with two attached hydrogens (primary N) is 1. The van der Waals surface area contributed by atoms with Crippen LogP contribution in [0.1, 0.15) is 35.1 Å². The van der Waals surface area contributed by atoms with Crippen LogP contribution in [0.5, 0.6) is 5.75 Å². The Hall–Kier alpha value is -1.89. The van der Waals surface area contributed by atoms with E-state index in [1.54, 1.807) is 0 Å². The van der Waals surface area contributed by atoms with Crippen LogP contribution in [0.2, 0.25) is 0 Å². The van der Waals surface area contributed by atoms with Crippen LogP contribution >= 0.6 is 0 Å². The van der Waals surface area contributed by atoms with Gasteiger partial charge in [0.15, 0.2) is 5.69 Å². The van der Waals surface area contributed by atoms with Gasteiger partial charge in [-0.3, -0.25) is 9.59 Å². The zero-order valence-electron chi connectivity index (χ0n) is 9.19. The minimum atomic E-state index is -0.904. The largest absolute Gasteiger partial charge is 0.501 e. The van der Waals surface area contributed by atoms with E-state index in [2.05, 4.69) is 15.3 Å². The molecule has 1 aromatic heterocycles. The maximum atomic E-state index is 11.4. The number of primary amides is 1. The normalized spacial score (nSPS) is 20.1. The molecule has 5 N–H and O–H groups in total. The van der Waals surface area contributed by atoms with E-state index in [-0.39, 0.29) is 11.6 Å². The van der Waals surface area contributed by atoms with Gasteiger partial charge in [0.05, 0.1) is 0 Å². The molecule has 2 heterocycles. The van der Waals surface area contributed by atoms with Gasteiger partial charge in [-0.15, -0.1) is 0 Å². The second-order valence-corrected chi connectivity index (χ2v) is 4.06. The number of H-pyrrole nitrogens is 1. The summed E-state index contributed by atoms with van der Waals surface area (Å²) in [5, 5.41) is 12.5. The Kier molecular flexibility index (Phi) is 3.10. The number of hydrogen-bond acceptors (Lipinski definition) is 5. The van der Waals surface area contributed by atoms with Gasteiger partial charge < -0.3 is 21.1 Å². The molecule has 0 spiro atoms. The zero-order chi connectivity index (χ0) is 12.4. The van der Waals surface area contributed by atoms with E-state index in [1.807, 2.05) is 0 Å². The van der Waals surface area contributed by atoms with Gasteiger partial charge in [0.25, 0.3) is 11.5 Å². The summed E-state index contributed by atoms with van der Waals surface area (Å²) < 4.78 is 0. The summed E-state index contributed by atoms with van der Waals surface area (Å²) in [6.45, 7) is 1.62. The Balaban J connectivity index is 2.41. The van der Waals surface area contributed by atoms with Crippen LogP contribution in [0.25, 0.3) is 0 Å². The molecule has 92 valence electrons. The molecule has 17 heavy (non-hydrogen) atoms. The number of aromatic amines is 1. The minimum Gasteiger partial charge on any atom is -0.501 e. The fourth-order valence-electron chi connectivity index (χ4n) is 1.93. The fourth-order valence-corrected chi connectivity index (χ4v) is 1.93. The van der Waals surface area contributed by atoms with Crippen molar-refractivity contribution in [1.29, 1.82) is 0 Å². The molecule has 1 aliphatic rings. The molecule has 0 radical (unpaired) electrons. The third-order valence-electron chi connectivity index (χ3n) is 2.83. The van der Waals surface area contributed by atoms with Crippen LogP contribution in [0, 0.1) is 0 Å². The number of aromatic hydroxyl groups is 1. The first-order valence-corrected chi connectivity index (χ1v) is 5.43. The minimum absolute atomic E-state index is 0.0372. The van der Waals surface area contributed by atoms with E-state index >= 15 is 0 Å². The number of rotatable bonds is 2. The summed E-state index contributed by atoms with van der Waals surface area (Å²) in [5.74, 6) is -1.19. The lowest BCUT2D eigenvalue weighted by Gasteiger charge is -2.21. The smallest absolute Gasteiger partial charge is 0.293 e. The molecule has 0 bridgehead atoms. The molecule has 1 aromatic rings. The summed E-state index contributed by atoms with van der Waals surface area (Å²) in [6.07, 6.45) is 1.85. The molecule has 1 atom stereocenters. The van der Waals surface area contributed by atoms with Gasteiger partial charge in [-0.2, -0.15) is 0 Å². The topological polar surface area (TPSA) is 121 Å². The first-order valence-electron chi connectivity index (χ1n) is 5.43. The summed E-state index contributed by atoms with van der Waals surface area (Å²) in [4.78, 5) is 28.9. The molecule has 0 aliphatic carbocycles. The van der Waals surface area contributed by atoms with Gasteiger partial charge in [-0.25, -0.2) is 4.98 Å². The van der Waals surface area contributed by atoms with Crippen LogP contribution in [0.4, 0.5) is 0 Å². The number of piperidine rings is 1. The van der Waals surface area contributed by atoms with Crippen molar-refractivity contribution in [1.82, 2.24) is 15.3 Å². The van der Waals surface area contributed by atoms with Gasteiger partial charge in [-0.1, -0.05) is 0 Å². The Morgan fingerprint density at radius 1 is 1.53 bits per heavy atom. The number of carbonyl (C=O) groups is 1. The Labute approximate surface area is 97.1 Å². The van der Waals surface area contributed by atoms with Gasteiger partial charge >= 0.3 is 0 Å². The van der Waals surface area contributed by atoms with Crippen molar-refractivity contribution in [3.63, 3.8) is 0 Å². The third kappa shape index (κ3) is 2.28. The van der Waals surface area contributed by atoms with Crippen molar-refractivity contribution >= 4 is 5.91 Å². The van der Waals surface area contributed by atoms with Crippen molar-refractivity contribution < 1.29 is 9.90 Å². The fraction of sp³-hybridized carbons (Fsp3) is 0.500. The molecule has 1 saturated heterocycles. The van der Waals surface area contributed by atoms with Crippen LogP contribution in [-0.4, -0.2) is 34.1 Å². The van der Waals surface area contributed by atoms with Crippen molar-refractivity contribution in [2.24, 2.45) is 5.73 Å². The molecule has 0 saturated carbocycles. The third-order valence-corrected chi connectivity index (χ3v) is 2.83. The lowest BCUT2D eigenvalue weighted by atomic mass is 9.99. The maximum absolute atomic E-state index is 11.4. The van der Waals surface area contributed by atoms with Gasteiger partial charge in [-0.05, 0) is 19.4 Å². The first kappa shape index (κ1) is 11.6. The lowest BCUT2D eigenvalue weighted by molar-refractivity contribution is 0.0991. The predicted molar refractivity (Wildman–Crippen MR) is 59.9 cm³/mol. The number of amides is 1. The quantitative estimate of drug-likeness (QED) is 0.529. The van der Waals surface area contributed by atoms with Gasteiger partial charge in [0, 0.05) is 12.5 Å². The molecule has 2 rings (SSSR count). The number of nitrogens with one attached hydrogen (secondary N) is 2. The van der Waals surface area contributed by atoms with Gasteiger partial charge in [0.2, 0.25) is 5.75 Å². The highest BCUT2D eigenvalue weighted by atomic mass is 16.3. The molecule has 1 unspecified atom stereocenters. The van der Waals surface area contributed by atoms with E-state index < -0.39 is 17.2 Å². The number of hydrogen-bond donors (Lipinski definition) is 4. The van der Waals surface area contributed by atoms with Crippen LogP contribution in [0.3, 0.4) is 0 Å². The summed E-state index contributed by atoms with van der Waals surface area (Å²) in [5.41, 5.74) is 3.96. The second kappa shape index (κ2) is 4.54. The predicted octanol–water partition coefficient (Wildman–Crippen LogP) is -0.959. The Morgan fingerprint density at radius 2 is 2.29 bits per heavy atom. The van der Waals surface area contributed by atoms with Crippen LogP contribution in [-0.2, 0) is 0 Å². The monoisotopic (exact) mass is 238 g/mol. The lowest BCUT2D eigenvalue weighted by Crippen LogP contribution is -2.31. The summed E-state index contributed by atoms with van der Waals surface area (Å²) in [7, 11) is 0. The number of aromatic nitrogens is 2. The summed E-state index contributed by atoms with van der Waals surface area (Å²) >= 11 is 0. The molecule has 1 fully saturated rings. The maximum Gasteiger partial charge on any atom is 0.293 e. The number of carbonyl (C=O) groups excluding carboxylic acids is 1. The number of nitrogens with zero attached hydrogens (tertiary/aromatic N) is 1. The molecular formula is C10H14N4O3. The highest BCUT2D eigenvalue weighted by Gasteiger charge is 2.21. The standard InChI is InChI=1S/C10H14N4O3/c11-8(16)6-7(15)10(17)14-9(13-6)5-2-1-3-12-4-5/h5,12,15H,1-4H2,(H2,11,16)(H,13,14,17). The molecule has 0 aromatic carbocycles. The highest BCUT2D eigenvalue weighted by molar-refractivity contribution is 5.93. The van der Waals surface area contributed by atoms with Crippen LogP contribution < -0.4 is 16.6 Å². The average Bonchev–Trinajstić information content (AvgIpc) is 2.33. The molecule has 7 nitrogen and oxygen atoms in total. The van der Waals surface area contributed by atoms with Gasteiger partial charge in [0.1, 0.15) is 5.82 Å². The molecular weight excluding hydrogens is 224 g/mol. The summed E-state index contributed by atoms with van der Waals surface area (Å²) in [6, 6.07) is 0. The van der Waals surface area contributed by atoms with Crippen molar-refractivity contribution in [3.8, 4) is 5.75 Å². The highest BCUT2D eigenvalue weighted by Crippen LogP contribution is 2.20. The molecule has 7 heteroatoms. The van der Waals surface area contributed by atoms with Crippen molar-refractivity contribution in [3.05, 3.63) is 21.9 Å². The zero-order valence-corrected chi connectivity index (χ0v) is 9.19. The van der Waals surface area contributed by atoms with E-state index in [4.69, 9.17) is 5.73 Å².